The van der Waals surface area contributed by atoms with E-state index in [4.69, 9.17) is 0 Å². The van der Waals surface area contributed by atoms with E-state index in [0.29, 0.717) is 11.1 Å². The summed E-state index contributed by atoms with van der Waals surface area (Å²) in [5.74, 6) is -1.24. The van der Waals surface area contributed by atoms with Crippen molar-refractivity contribution in [3.8, 4) is 0 Å². The summed E-state index contributed by atoms with van der Waals surface area (Å²) < 4.78 is 43.1. The average Bonchev–Trinajstić information content (AvgIpc) is 2.85. The number of allylic oxidation sites excluding steroid dienone is 2. The van der Waals surface area contributed by atoms with Crippen LogP contribution in [0.4, 0.5) is 18.9 Å². The third kappa shape index (κ3) is 5.08. The fraction of sp³-hybridized carbons (Fsp3) is 0.333. The molecule has 2 aliphatic rings. The lowest BCUT2D eigenvalue weighted by Gasteiger charge is -2.36. The molecule has 0 spiro atoms. The number of benzene rings is 2. The highest BCUT2D eigenvalue weighted by Gasteiger charge is 2.55. The number of amides is 2. The van der Waals surface area contributed by atoms with Crippen molar-refractivity contribution in [1.29, 1.82) is 0 Å². The lowest BCUT2D eigenvalue weighted by Crippen LogP contribution is -2.58. The zero-order chi connectivity index (χ0) is 24.2. The van der Waals surface area contributed by atoms with Gasteiger partial charge in [0.2, 0.25) is 5.91 Å². The highest BCUT2D eigenvalue weighted by atomic mass is 19.4. The maximum Gasteiger partial charge on any atom is 0.415 e. The third-order valence-electron chi connectivity index (χ3n) is 6.54. The van der Waals surface area contributed by atoms with Crippen LogP contribution in [0, 0.1) is 5.92 Å². The van der Waals surface area contributed by atoms with Gasteiger partial charge in [0, 0.05) is 12.3 Å². The third-order valence-corrected chi connectivity index (χ3v) is 6.54. The van der Waals surface area contributed by atoms with Gasteiger partial charge in [0.1, 0.15) is 0 Å². The number of alkyl halides is 3. The Balaban J connectivity index is 1.57. The van der Waals surface area contributed by atoms with Crippen molar-refractivity contribution in [1.82, 2.24) is 5.32 Å². The predicted molar refractivity (Wildman–Crippen MR) is 126 cm³/mol. The lowest BCUT2D eigenvalue weighted by atomic mass is 9.82. The molecule has 2 aromatic carbocycles. The monoisotopic (exact) mass is 468 g/mol. The second kappa shape index (κ2) is 9.87. The van der Waals surface area contributed by atoms with Crippen molar-refractivity contribution in [3.05, 3.63) is 84.0 Å². The van der Waals surface area contributed by atoms with Gasteiger partial charge < -0.3 is 10.6 Å². The Morgan fingerprint density at radius 1 is 0.912 bits per heavy atom. The quantitative estimate of drug-likeness (QED) is 0.543. The van der Waals surface area contributed by atoms with Crippen molar-refractivity contribution in [3.63, 3.8) is 0 Å². The molecule has 4 rings (SSSR count). The SMILES string of the molecule is O=C(NC1(C(F)(F)F)C=CC=C(c2ccccc2)C1)c1ccccc1NC(=O)C1CCCCC1. The molecule has 0 aromatic heterocycles. The normalized spacial score (nSPS) is 21.0. The molecule has 2 aromatic rings. The Hall–Kier alpha value is -3.35. The molecular weight excluding hydrogens is 441 g/mol. The van der Waals surface area contributed by atoms with E-state index >= 15 is 0 Å². The molecule has 0 saturated heterocycles. The van der Waals surface area contributed by atoms with Gasteiger partial charge in [-0.1, -0.05) is 73.9 Å². The molecule has 2 N–H and O–H groups in total. The zero-order valence-corrected chi connectivity index (χ0v) is 18.7. The van der Waals surface area contributed by atoms with Crippen molar-refractivity contribution < 1.29 is 22.8 Å². The molecule has 0 radical (unpaired) electrons. The average molecular weight is 469 g/mol. The smallest absolute Gasteiger partial charge is 0.334 e. The predicted octanol–water partition coefficient (Wildman–Crippen LogP) is 6.28. The van der Waals surface area contributed by atoms with Crippen molar-refractivity contribution in [2.45, 2.75) is 50.2 Å². The van der Waals surface area contributed by atoms with Gasteiger partial charge in [-0.25, -0.2) is 0 Å². The summed E-state index contributed by atoms with van der Waals surface area (Å²) in [4.78, 5) is 25.9. The highest BCUT2D eigenvalue weighted by molar-refractivity contribution is 6.04. The van der Waals surface area contributed by atoms with E-state index in [9.17, 15) is 22.8 Å². The van der Waals surface area contributed by atoms with E-state index in [1.807, 2.05) is 0 Å². The summed E-state index contributed by atoms with van der Waals surface area (Å²) in [6.07, 6.45) is 3.37. The Bertz CT molecular complexity index is 1100. The summed E-state index contributed by atoms with van der Waals surface area (Å²) >= 11 is 0. The number of hydrogen-bond donors (Lipinski definition) is 2. The second-order valence-electron chi connectivity index (χ2n) is 8.89. The van der Waals surface area contributed by atoms with Gasteiger partial charge in [0.05, 0.1) is 11.3 Å². The van der Waals surface area contributed by atoms with Crippen LogP contribution in [0.25, 0.3) is 5.57 Å². The van der Waals surface area contributed by atoms with Gasteiger partial charge in [-0.2, -0.15) is 13.2 Å². The van der Waals surface area contributed by atoms with Crippen LogP contribution < -0.4 is 10.6 Å². The molecule has 7 heteroatoms. The van der Waals surface area contributed by atoms with Crippen LogP contribution in [0.5, 0.6) is 0 Å². The van der Waals surface area contributed by atoms with Crippen LogP contribution in [0.15, 0.2) is 72.8 Å². The molecule has 4 nitrogen and oxygen atoms in total. The van der Waals surface area contributed by atoms with Crippen molar-refractivity contribution in [2.24, 2.45) is 5.92 Å². The first kappa shape index (κ1) is 23.8. The molecule has 1 fully saturated rings. The zero-order valence-electron chi connectivity index (χ0n) is 18.7. The highest BCUT2D eigenvalue weighted by Crippen LogP contribution is 2.41. The van der Waals surface area contributed by atoms with Crippen molar-refractivity contribution >= 4 is 23.1 Å². The Morgan fingerprint density at radius 3 is 2.29 bits per heavy atom. The minimum Gasteiger partial charge on any atom is -0.334 e. The van der Waals surface area contributed by atoms with Gasteiger partial charge in [-0.15, -0.1) is 0 Å². The molecule has 34 heavy (non-hydrogen) atoms. The van der Waals surface area contributed by atoms with Gasteiger partial charge >= 0.3 is 6.18 Å². The number of rotatable bonds is 5. The van der Waals surface area contributed by atoms with E-state index in [1.54, 1.807) is 54.6 Å². The molecule has 1 atom stereocenters. The molecule has 2 aliphatic carbocycles. The van der Waals surface area contributed by atoms with Crippen LogP contribution in [0.3, 0.4) is 0 Å². The summed E-state index contributed by atoms with van der Waals surface area (Å²) in [6.45, 7) is 0. The Morgan fingerprint density at radius 2 is 1.59 bits per heavy atom. The maximum absolute atomic E-state index is 14.4. The van der Waals surface area contributed by atoms with Gasteiger partial charge in [0.15, 0.2) is 5.54 Å². The van der Waals surface area contributed by atoms with Crippen LogP contribution in [-0.2, 0) is 4.79 Å². The van der Waals surface area contributed by atoms with E-state index in [1.165, 1.54) is 12.1 Å². The molecule has 2 amide bonds. The standard InChI is InChI=1S/C27H27F3N2O2/c28-27(29,30)26(17-9-14-21(18-26)19-10-3-1-4-11-19)32-25(34)22-15-7-8-16-23(22)31-24(33)20-12-5-2-6-13-20/h1,3-4,7-11,14-17,20H,2,5-6,12-13,18H2,(H,31,33)(H,32,34). The Kier molecular flexibility index (Phi) is 6.91. The van der Waals surface area contributed by atoms with Gasteiger partial charge in [-0.3, -0.25) is 9.59 Å². The Labute approximate surface area is 196 Å². The van der Waals surface area contributed by atoms with Crippen LogP contribution in [-0.4, -0.2) is 23.5 Å². The summed E-state index contributed by atoms with van der Waals surface area (Å²) in [7, 11) is 0. The number of hydrogen-bond acceptors (Lipinski definition) is 2. The van der Waals surface area contributed by atoms with E-state index in [2.05, 4.69) is 10.6 Å². The molecule has 1 unspecified atom stereocenters. The number of halogens is 3. The van der Waals surface area contributed by atoms with E-state index < -0.39 is 24.0 Å². The summed E-state index contributed by atoms with van der Waals surface area (Å²) in [5.41, 5.74) is -1.22. The number of nitrogens with one attached hydrogen (secondary N) is 2. The van der Waals surface area contributed by atoms with Crippen LogP contribution in [0.1, 0.15) is 54.4 Å². The first-order valence-electron chi connectivity index (χ1n) is 11.5. The number of para-hydroxylation sites is 1. The largest absolute Gasteiger partial charge is 0.415 e. The fourth-order valence-corrected chi connectivity index (χ4v) is 4.61. The number of carbonyl (C=O) groups is 2. The van der Waals surface area contributed by atoms with Gasteiger partial charge in [-0.05, 0) is 42.2 Å². The van der Waals surface area contributed by atoms with Crippen molar-refractivity contribution in [2.75, 3.05) is 5.32 Å². The number of carbonyl (C=O) groups excluding carboxylic acids is 2. The lowest BCUT2D eigenvalue weighted by molar-refractivity contribution is -0.177. The minimum atomic E-state index is -4.73. The molecule has 1 saturated carbocycles. The minimum absolute atomic E-state index is 0.000464. The van der Waals surface area contributed by atoms with Crippen LogP contribution >= 0.6 is 0 Å². The maximum atomic E-state index is 14.4. The first-order chi connectivity index (χ1) is 16.3. The molecule has 178 valence electrons. The fourth-order valence-electron chi connectivity index (χ4n) is 4.61. The molecule has 0 heterocycles. The first-order valence-corrected chi connectivity index (χ1v) is 11.5. The van der Waals surface area contributed by atoms with E-state index in [-0.39, 0.29) is 23.1 Å². The second-order valence-corrected chi connectivity index (χ2v) is 8.89. The molecule has 0 bridgehead atoms. The van der Waals surface area contributed by atoms with Gasteiger partial charge in [0.25, 0.3) is 5.91 Å². The number of anilines is 1. The van der Waals surface area contributed by atoms with Crippen LogP contribution in [0.2, 0.25) is 0 Å². The topological polar surface area (TPSA) is 58.2 Å². The molecular formula is C27H27F3N2O2. The summed E-state index contributed by atoms with van der Waals surface area (Å²) in [5, 5.41) is 5.01. The van der Waals surface area contributed by atoms with E-state index in [0.717, 1.165) is 38.2 Å². The molecule has 0 aliphatic heterocycles. The summed E-state index contributed by atoms with van der Waals surface area (Å²) in [6, 6.07) is 15.0.